The van der Waals surface area contributed by atoms with Gasteiger partial charge < -0.3 is 29.5 Å². The van der Waals surface area contributed by atoms with Gasteiger partial charge in [0.2, 0.25) is 0 Å². The number of cyclic esters (lactones) is 1. The molecule has 202 valence electrons. The first-order chi connectivity index (χ1) is 17.0. The van der Waals surface area contributed by atoms with Crippen molar-refractivity contribution in [3.63, 3.8) is 0 Å². The van der Waals surface area contributed by atoms with Crippen LogP contribution in [0.3, 0.4) is 0 Å². The molecule has 0 aromatic rings. The van der Waals surface area contributed by atoms with Crippen LogP contribution < -0.4 is 0 Å². The molecule has 0 bridgehead atoms. The molecule has 0 aromatic heterocycles. The third-order valence-corrected chi connectivity index (χ3v) is 12.0. The van der Waals surface area contributed by atoms with E-state index in [1.807, 2.05) is 0 Å². The maximum atomic E-state index is 12.4. The van der Waals surface area contributed by atoms with Crippen molar-refractivity contribution in [2.75, 3.05) is 6.61 Å². The Morgan fingerprint density at radius 2 is 1.81 bits per heavy atom. The van der Waals surface area contributed by atoms with Crippen LogP contribution in [0.4, 0.5) is 0 Å². The van der Waals surface area contributed by atoms with Crippen molar-refractivity contribution in [3.05, 3.63) is 11.6 Å². The van der Waals surface area contributed by atoms with Crippen molar-refractivity contribution in [3.8, 4) is 0 Å². The Hall–Kier alpha value is -0.990. The van der Waals surface area contributed by atoms with E-state index < -0.39 is 30.2 Å². The topological polar surface area (TPSA) is 105 Å². The summed E-state index contributed by atoms with van der Waals surface area (Å²) in [6, 6.07) is 0. The van der Waals surface area contributed by atoms with E-state index in [4.69, 9.17) is 14.2 Å². The van der Waals surface area contributed by atoms with E-state index in [0.717, 1.165) is 63.4 Å². The molecule has 2 heterocycles. The van der Waals surface area contributed by atoms with E-state index in [-0.39, 0.29) is 28.8 Å². The van der Waals surface area contributed by atoms with Crippen LogP contribution in [0.1, 0.15) is 85.0 Å². The zero-order chi connectivity index (χ0) is 25.5. The summed E-state index contributed by atoms with van der Waals surface area (Å²) in [6.07, 6.45) is 8.64. The van der Waals surface area contributed by atoms with Gasteiger partial charge in [0.05, 0.1) is 23.9 Å². The third kappa shape index (κ3) is 3.67. The third-order valence-electron chi connectivity index (χ3n) is 12.0. The fourth-order valence-electron chi connectivity index (χ4n) is 9.82. The summed E-state index contributed by atoms with van der Waals surface area (Å²) < 4.78 is 17.4. The Labute approximate surface area is 214 Å². The van der Waals surface area contributed by atoms with Crippen molar-refractivity contribution in [2.45, 2.75) is 121 Å². The van der Waals surface area contributed by atoms with Crippen molar-refractivity contribution < 1.29 is 34.3 Å². The van der Waals surface area contributed by atoms with Gasteiger partial charge in [-0.2, -0.15) is 0 Å². The summed E-state index contributed by atoms with van der Waals surface area (Å²) in [6.45, 7) is 6.92. The largest absolute Gasteiger partial charge is 0.458 e. The molecule has 6 rings (SSSR count). The van der Waals surface area contributed by atoms with Crippen molar-refractivity contribution >= 4 is 5.97 Å². The Morgan fingerprint density at radius 1 is 1.00 bits per heavy atom. The number of carbonyl (C=O) groups is 1. The second-order valence-electron chi connectivity index (χ2n) is 13.4. The van der Waals surface area contributed by atoms with Gasteiger partial charge in [-0.05, 0) is 99.4 Å². The van der Waals surface area contributed by atoms with Gasteiger partial charge in [0.15, 0.2) is 6.29 Å². The fraction of sp³-hybridized carbons (Fsp3) is 0.897. The van der Waals surface area contributed by atoms with Gasteiger partial charge in [-0.3, -0.25) is 0 Å². The molecule has 0 amide bonds. The Bertz CT molecular complexity index is 907. The summed E-state index contributed by atoms with van der Waals surface area (Å²) in [7, 11) is 0. The van der Waals surface area contributed by atoms with Gasteiger partial charge in [-0.1, -0.05) is 13.8 Å². The van der Waals surface area contributed by atoms with Crippen molar-refractivity contribution in [2.24, 2.45) is 34.5 Å². The summed E-state index contributed by atoms with van der Waals surface area (Å²) in [5, 5.41) is 32.5. The van der Waals surface area contributed by atoms with Gasteiger partial charge in [-0.15, -0.1) is 0 Å². The Morgan fingerprint density at radius 3 is 2.53 bits per heavy atom. The molecule has 4 aliphatic carbocycles. The van der Waals surface area contributed by atoms with Crippen molar-refractivity contribution in [1.29, 1.82) is 0 Å². The first-order valence-corrected chi connectivity index (χ1v) is 14.3. The number of carbonyl (C=O) groups excluding carboxylic acids is 1. The van der Waals surface area contributed by atoms with Crippen LogP contribution in [0.15, 0.2) is 11.6 Å². The molecule has 0 radical (unpaired) electrons. The molecule has 3 N–H and O–H groups in total. The van der Waals surface area contributed by atoms with Crippen LogP contribution in [0, 0.1) is 34.5 Å². The van der Waals surface area contributed by atoms with E-state index >= 15 is 0 Å². The highest BCUT2D eigenvalue weighted by atomic mass is 16.7. The number of esters is 1. The summed E-state index contributed by atoms with van der Waals surface area (Å²) in [5.74, 6) is 1.37. The molecule has 0 spiro atoms. The van der Waals surface area contributed by atoms with Gasteiger partial charge in [-0.25, -0.2) is 4.79 Å². The number of hydrogen-bond donors (Lipinski definition) is 3. The highest BCUT2D eigenvalue weighted by Gasteiger charge is 2.67. The second-order valence-corrected chi connectivity index (χ2v) is 13.4. The van der Waals surface area contributed by atoms with E-state index in [9.17, 15) is 20.1 Å². The molecule has 0 aromatic carbocycles. The number of ether oxygens (including phenoxy) is 3. The molecular weight excluding hydrogens is 460 g/mol. The highest BCUT2D eigenvalue weighted by Crippen LogP contribution is 2.70. The minimum atomic E-state index is -0.856. The smallest absolute Gasteiger partial charge is 0.331 e. The predicted octanol–water partition coefficient (Wildman–Crippen LogP) is 3.49. The Balaban J connectivity index is 1.15. The number of rotatable bonds is 3. The van der Waals surface area contributed by atoms with Crippen LogP contribution in [-0.2, 0) is 19.0 Å². The average Bonchev–Trinajstić information content (AvgIpc) is 3.37. The molecular formula is C29H44O7. The second kappa shape index (κ2) is 8.77. The fourth-order valence-corrected chi connectivity index (χ4v) is 9.82. The normalized spacial score (nSPS) is 54.8. The molecule has 0 unspecified atom stereocenters. The van der Waals surface area contributed by atoms with Gasteiger partial charge in [0.25, 0.3) is 0 Å². The summed E-state index contributed by atoms with van der Waals surface area (Å²) in [4.78, 5) is 11.8. The molecule has 4 saturated carbocycles. The number of aliphatic hydroxyl groups is 3. The van der Waals surface area contributed by atoms with Crippen LogP contribution in [0.5, 0.6) is 0 Å². The molecule has 5 fully saturated rings. The van der Waals surface area contributed by atoms with E-state index in [1.165, 1.54) is 0 Å². The van der Waals surface area contributed by atoms with Gasteiger partial charge in [0.1, 0.15) is 12.7 Å². The molecule has 2 aliphatic heterocycles. The lowest BCUT2D eigenvalue weighted by Gasteiger charge is -2.63. The first-order valence-electron chi connectivity index (χ1n) is 14.3. The molecule has 1 saturated heterocycles. The lowest BCUT2D eigenvalue weighted by atomic mass is 9.43. The van der Waals surface area contributed by atoms with Crippen LogP contribution in [0.25, 0.3) is 0 Å². The van der Waals surface area contributed by atoms with E-state index in [1.54, 1.807) is 13.0 Å². The zero-order valence-electron chi connectivity index (χ0n) is 22.0. The van der Waals surface area contributed by atoms with E-state index in [2.05, 4.69) is 13.8 Å². The maximum Gasteiger partial charge on any atom is 0.331 e. The average molecular weight is 505 g/mol. The lowest BCUT2D eigenvalue weighted by Crippen LogP contribution is -2.62. The lowest BCUT2D eigenvalue weighted by molar-refractivity contribution is -0.270. The minimum absolute atomic E-state index is 0.110. The molecule has 12 atom stereocenters. The van der Waals surface area contributed by atoms with Crippen molar-refractivity contribution in [1.82, 2.24) is 0 Å². The quantitative estimate of drug-likeness (QED) is 0.399. The maximum absolute atomic E-state index is 12.4. The van der Waals surface area contributed by atoms with E-state index in [0.29, 0.717) is 30.8 Å². The Kier molecular flexibility index (Phi) is 6.16. The number of fused-ring (bicyclic) bond motifs is 5. The van der Waals surface area contributed by atoms with Gasteiger partial charge >= 0.3 is 5.97 Å². The van der Waals surface area contributed by atoms with Crippen LogP contribution in [0.2, 0.25) is 0 Å². The zero-order valence-corrected chi connectivity index (χ0v) is 22.0. The standard InChI is InChI=1S/C29H44O7/c1-16-26(32)23(30)14-25(35-16)36-19-6-9-27(2)18(13-19)4-5-22-21(27)7-10-28(3)20(8-11-29(22,28)33)17-12-24(31)34-15-17/h12,16,18-23,25-26,30,32-33H,4-11,13-15H2,1-3H3/t16-,18-,19-,20+,21-,22+,23-,25-,26+,27-,28+,29+/m0/s1. The molecule has 36 heavy (non-hydrogen) atoms. The molecule has 7 heteroatoms. The summed E-state index contributed by atoms with van der Waals surface area (Å²) >= 11 is 0. The number of aliphatic hydroxyl groups excluding tert-OH is 2. The monoisotopic (exact) mass is 504 g/mol. The highest BCUT2D eigenvalue weighted by molar-refractivity contribution is 5.85. The molecule has 7 nitrogen and oxygen atoms in total. The van der Waals surface area contributed by atoms with Gasteiger partial charge in [0, 0.05) is 17.9 Å². The first kappa shape index (κ1) is 25.3. The van der Waals surface area contributed by atoms with Crippen LogP contribution in [-0.4, -0.2) is 64.2 Å². The number of hydrogen-bond acceptors (Lipinski definition) is 7. The van der Waals surface area contributed by atoms with Crippen LogP contribution >= 0.6 is 0 Å². The predicted molar refractivity (Wildman–Crippen MR) is 132 cm³/mol. The SMILES string of the molecule is C[C@@H]1O[C@@H](O[C@H]2CC[C@@]3(C)[C@@H](CC[C@@H]4[C@@H]3CC[C@]3(C)[C@@H](C5=CC(=O)OC5)CC[C@@]43O)C2)C[C@H](O)[C@@H]1O. The summed E-state index contributed by atoms with van der Waals surface area (Å²) in [5.41, 5.74) is 0.404. The minimum Gasteiger partial charge on any atom is -0.458 e. The molecule has 6 aliphatic rings.